The predicted octanol–water partition coefficient (Wildman–Crippen LogP) is 1.63. The van der Waals surface area contributed by atoms with Crippen LogP contribution in [0.4, 0.5) is 18.9 Å². The van der Waals surface area contributed by atoms with Gasteiger partial charge in [0.2, 0.25) is 5.91 Å². The van der Waals surface area contributed by atoms with Gasteiger partial charge < -0.3 is 15.8 Å². The molecule has 0 aliphatic carbocycles. The molecule has 3 N–H and O–H groups in total. The number of halogens is 3. The molecule has 1 aliphatic heterocycles. The second-order valence-corrected chi connectivity index (χ2v) is 4.78. The number of rotatable bonds is 2. The summed E-state index contributed by atoms with van der Waals surface area (Å²) in [4.78, 5) is 12.0. The molecule has 2 rings (SSSR count). The summed E-state index contributed by atoms with van der Waals surface area (Å²) in [6, 6.07) is 4.42. The highest BCUT2D eigenvalue weighted by molar-refractivity contribution is 5.98. The van der Waals surface area contributed by atoms with Crippen LogP contribution in [0.1, 0.15) is 17.5 Å². The van der Waals surface area contributed by atoms with E-state index in [1.807, 2.05) is 0 Å². The second-order valence-electron chi connectivity index (χ2n) is 4.78. The topological polar surface area (TPSA) is 88.1 Å². The molecule has 1 fully saturated rings. The summed E-state index contributed by atoms with van der Waals surface area (Å²) < 4.78 is 43.5. The van der Waals surface area contributed by atoms with E-state index >= 15 is 0 Å². The highest BCUT2D eigenvalue weighted by Gasteiger charge is 2.39. The van der Waals surface area contributed by atoms with E-state index in [-0.39, 0.29) is 12.3 Å². The Hall–Kier alpha value is -2.11. The fourth-order valence-corrected chi connectivity index (χ4v) is 1.97. The van der Waals surface area contributed by atoms with Crippen molar-refractivity contribution in [2.75, 3.05) is 18.5 Å². The number of carbonyl (C=O) groups excluding carboxylic acids is 1. The van der Waals surface area contributed by atoms with Crippen molar-refractivity contribution in [1.29, 1.82) is 5.26 Å². The molecule has 1 saturated heterocycles. The molecule has 1 aromatic rings. The molecule has 0 radical (unpaired) electrons. The standard InChI is InChI=1S/C13H12F3N3O2/c14-13(15,16)10-5-9(2-1-8(10)6-17)19-11(20)12(18)3-4-21-7-12/h1-2,5H,3-4,7,18H2,(H,19,20). The first kappa shape index (κ1) is 15.3. The third-order valence-corrected chi connectivity index (χ3v) is 3.21. The molecule has 1 aromatic carbocycles. The highest BCUT2D eigenvalue weighted by atomic mass is 19.4. The van der Waals surface area contributed by atoms with Gasteiger partial charge in [-0.15, -0.1) is 0 Å². The average Bonchev–Trinajstić information content (AvgIpc) is 2.86. The lowest BCUT2D eigenvalue weighted by atomic mass is 9.99. The Labute approximate surface area is 118 Å². The first-order valence-electron chi connectivity index (χ1n) is 6.06. The van der Waals surface area contributed by atoms with Crippen molar-refractivity contribution in [3.63, 3.8) is 0 Å². The largest absolute Gasteiger partial charge is 0.417 e. The molecule has 8 heteroatoms. The fourth-order valence-electron chi connectivity index (χ4n) is 1.97. The van der Waals surface area contributed by atoms with Crippen LogP contribution in [0.25, 0.3) is 0 Å². The maximum atomic E-state index is 12.8. The quantitative estimate of drug-likeness (QED) is 0.869. The summed E-state index contributed by atoms with van der Waals surface area (Å²) in [5.74, 6) is -0.613. The van der Waals surface area contributed by atoms with Crippen LogP contribution in [-0.2, 0) is 15.7 Å². The van der Waals surface area contributed by atoms with E-state index in [2.05, 4.69) is 5.32 Å². The van der Waals surface area contributed by atoms with E-state index in [1.54, 1.807) is 0 Å². The molecular weight excluding hydrogens is 287 g/mol. The average molecular weight is 299 g/mol. The van der Waals surface area contributed by atoms with Gasteiger partial charge in [0.25, 0.3) is 0 Å². The third kappa shape index (κ3) is 3.15. The highest BCUT2D eigenvalue weighted by Crippen LogP contribution is 2.33. The van der Waals surface area contributed by atoms with Crippen LogP contribution in [0.3, 0.4) is 0 Å². The van der Waals surface area contributed by atoms with Gasteiger partial charge in [-0.3, -0.25) is 4.79 Å². The van der Waals surface area contributed by atoms with E-state index in [9.17, 15) is 18.0 Å². The molecule has 0 bridgehead atoms. The minimum absolute atomic E-state index is 0.0151. The van der Waals surface area contributed by atoms with Crippen molar-refractivity contribution in [1.82, 2.24) is 0 Å². The van der Waals surface area contributed by atoms with Gasteiger partial charge in [-0.2, -0.15) is 18.4 Å². The number of nitrogens with zero attached hydrogens (tertiary/aromatic N) is 1. The number of hydrogen-bond acceptors (Lipinski definition) is 4. The maximum absolute atomic E-state index is 12.8. The van der Waals surface area contributed by atoms with E-state index < -0.39 is 28.7 Å². The van der Waals surface area contributed by atoms with E-state index in [0.717, 1.165) is 12.1 Å². The molecule has 1 unspecified atom stereocenters. The number of anilines is 1. The van der Waals surface area contributed by atoms with Crippen LogP contribution in [0.15, 0.2) is 18.2 Å². The monoisotopic (exact) mass is 299 g/mol. The van der Waals surface area contributed by atoms with Gasteiger partial charge >= 0.3 is 6.18 Å². The Kier molecular flexibility index (Phi) is 3.89. The summed E-state index contributed by atoms with van der Waals surface area (Å²) in [5.41, 5.74) is 2.90. The molecule has 0 spiro atoms. The van der Waals surface area contributed by atoms with Crippen LogP contribution in [0.2, 0.25) is 0 Å². The molecule has 1 amide bonds. The van der Waals surface area contributed by atoms with Crippen LogP contribution >= 0.6 is 0 Å². The smallest absolute Gasteiger partial charge is 0.379 e. The molecule has 0 aromatic heterocycles. The van der Waals surface area contributed by atoms with Crippen molar-refractivity contribution < 1.29 is 22.7 Å². The Balaban J connectivity index is 2.26. The number of ether oxygens (including phenoxy) is 1. The minimum Gasteiger partial charge on any atom is -0.379 e. The lowest BCUT2D eigenvalue weighted by Crippen LogP contribution is -2.51. The summed E-state index contributed by atoms with van der Waals surface area (Å²) in [6.07, 6.45) is -4.39. The molecule has 1 heterocycles. The molecular formula is C13H12F3N3O2. The number of hydrogen-bond donors (Lipinski definition) is 2. The first-order chi connectivity index (χ1) is 9.76. The van der Waals surface area contributed by atoms with Crippen LogP contribution in [0, 0.1) is 11.3 Å². The number of alkyl halides is 3. The normalized spacial score (nSPS) is 21.9. The van der Waals surface area contributed by atoms with Crippen molar-refractivity contribution in [3.05, 3.63) is 29.3 Å². The van der Waals surface area contributed by atoms with Gasteiger partial charge in [-0.25, -0.2) is 0 Å². The van der Waals surface area contributed by atoms with Gasteiger partial charge in [0, 0.05) is 12.3 Å². The lowest BCUT2D eigenvalue weighted by molar-refractivity contribution is -0.137. The van der Waals surface area contributed by atoms with E-state index in [4.69, 9.17) is 15.7 Å². The number of nitrogens with one attached hydrogen (secondary N) is 1. The summed E-state index contributed by atoms with van der Waals surface area (Å²) in [6.45, 7) is 0.340. The zero-order valence-corrected chi connectivity index (χ0v) is 10.8. The molecule has 5 nitrogen and oxygen atoms in total. The minimum atomic E-state index is -4.68. The van der Waals surface area contributed by atoms with Gasteiger partial charge in [0.05, 0.1) is 23.8 Å². The maximum Gasteiger partial charge on any atom is 0.417 e. The SMILES string of the molecule is N#Cc1ccc(NC(=O)C2(N)CCOC2)cc1C(F)(F)F. The zero-order chi connectivity index (χ0) is 15.7. The number of amides is 1. The first-order valence-corrected chi connectivity index (χ1v) is 6.06. The molecule has 0 saturated carbocycles. The molecule has 21 heavy (non-hydrogen) atoms. The number of nitriles is 1. The Morgan fingerprint density at radius 2 is 2.19 bits per heavy atom. The molecule has 112 valence electrons. The predicted molar refractivity (Wildman–Crippen MR) is 67.1 cm³/mol. The summed E-state index contributed by atoms with van der Waals surface area (Å²) >= 11 is 0. The van der Waals surface area contributed by atoms with Gasteiger partial charge in [0.15, 0.2) is 0 Å². The lowest BCUT2D eigenvalue weighted by Gasteiger charge is -2.21. The van der Waals surface area contributed by atoms with Gasteiger partial charge in [-0.05, 0) is 24.6 Å². The van der Waals surface area contributed by atoms with Crippen molar-refractivity contribution in [2.45, 2.75) is 18.1 Å². The van der Waals surface area contributed by atoms with E-state index in [1.165, 1.54) is 12.1 Å². The Morgan fingerprint density at radius 1 is 1.48 bits per heavy atom. The Bertz CT molecular complexity index is 602. The number of nitrogens with two attached hydrogens (primary N) is 1. The van der Waals surface area contributed by atoms with Crippen LogP contribution < -0.4 is 11.1 Å². The molecule has 1 atom stereocenters. The Morgan fingerprint density at radius 3 is 2.71 bits per heavy atom. The van der Waals surface area contributed by atoms with Crippen LogP contribution in [-0.4, -0.2) is 24.7 Å². The van der Waals surface area contributed by atoms with Gasteiger partial charge in [0.1, 0.15) is 5.54 Å². The van der Waals surface area contributed by atoms with Gasteiger partial charge in [-0.1, -0.05) is 0 Å². The third-order valence-electron chi connectivity index (χ3n) is 3.21. The van der Waals surface area contributed by atoms with Crippen molar-refractivity contribution in [3.8, 4) is 6.07 Å². The second kappa shape index (κ2) is 5.35. The van der Waals surface area contributed by atoms with Crippen LogP contribution in [0.5, 0.6) is 0 Å². The van der Waals surface area contributed by atoms with Crippen molar-refractivity contribution in [2.24, 2.45) is 5.73 Å². The fraction of sp³-hybridized carbons (Fsp3) is 0.385. The van der Waals surface area contributed by atoms with Crippen molar-refractivity contribution >= 4 is 11.6 Å². The number of benzene rings is 1. The number of carbonyl (C=O) groups is 1. The summed E-state index contributed by atoms with van der Waals surface area (Å²) in [5, 5.41) is 11.0. The molecule has 1 aliphatic rings. The zero-order valence-electron chi connectivity index (χ0n) is 10.8. The summed E-state index contributed by atoms with van der Waals surface area (Å²) in [7, 11) is 0. The van der Waals surface area contributed by atoms with E-state index in [0.29, 0.717) is 13.0 Å².